The van der Waals surface area contributed by atoms with Crippen molar-refractivity contribution < 1.29 is 19.1 Å². The van der Waals surface area contributed by atoms with Gasteiger partial charge in [-0.05, 0) is 31.4 Å². The molecule has 0 atom stereocenters. The molecular weight excluding hydrogens is 261 g/mol. The lowest BCUT2D eigenvalue weighted by Crippen LogP contribution is -2.31. The lowest BCUT2D eigenvalue weighted by atomic mass is 10.1. The number of carbonyl (C=O) groups is 2. The predicted octanol–water partition coefficient (Wildman–Crippen LogP) is 2.30. The molecule has 2 amide bonds. The molecule has 0 spiro atoms. The van der Waals surface area contributed by atoms with Gasteiger partial charge in [0.15, 0.2) is 0 Å². The molecule has 4 nitrogen and oxygen atoms in total. The Morgan fingerprint density at radius 3 is 2.30 bits per heavy atom. The maximum atomic E-state index is 13.7. The highest BCUT2D eigenvalue weighted by atomic mass is 19.1. The minimum Gasteiger partial charge on any atom is -0.396 e. The van der Waals surface area contributed by atoms with Crippen molar-refractivity contribution >= 4 is 11.8 Å². The van der Waals surface area contributed by atoms with Crippen LogP contribution in [0.3, 0.4) is 0 Å². The molecule has 0 saturated carbocycles. The third kappa shape index (κ3) is 2.93. The number of rotatable bonds is 6. The van der Waals surface area contributed by atoms with E-state index in [0.29, 0.717) is 30.4 Å². The highest BCUT2D eigenvalue weighted by Crippen LogP contribution is 2.23. The van der Waals surface area contributed by atoms with Crippen molar-refractivity contribution in [1.82, 2.24) is 4.90 Å². The minimum absolute atomic E-state index is 0.0772. The molecule has 106 valence electrons. The molecule has 0 radical (unpaired) electrons. The van der Waals surface area contributed by atoms with Crippen LogP contribution in [-0.4, -0.2) is 35.0 Å². The summed E-state index contributed by atoms with van der Waals surface area (Å²) in [4.78, 5) is 24.9. The molecule has 0 aliphatic carbocycles. The number of halogens is 1. The van der Waals surface area contributed by atoms with Crippen molar-refractivity contribution in [2.75, 3.05) is 13.2 Å². The molecule has 0 fully saturated rings. The van der Waals surface area contributed by atoms with E-state index >= 15 is 0 Å². The van der Waals surface area contributed by atoms with Gasteiger partial charge >= 0.3 is 0 Å². The van der Waals surface area contributed by atoms with Gasteiger partial charge in [0, 0.05) is 6.61 Å². The van der Waals surface area contributed by atoms with E-state index in [1.54, 1.807) is 24.3 Å². The number of carbonyl (C=O) groups excluding carboxylic acids is 2. The second-order valence-electron chi connectivity index (χ2n) is 4.61. The number of allylic oxidation sites excluding steroid dienone is 1. The first-order valence-corrected chi connectivity index (χ1v) is 6.55. The van der Waals surface area contributed by atoms with Crippen LogP contribution in [-0.2, 0) is 0 Å². The molecule has 0 unspecified atom stereocenters. The number of benzene rings is 1. The van der Waals surface area contributed by atoms with Gasteiger partial charge in [0.25, 0.3) is 11.8 Å². The number of aliphatic hydroxyl groups excluding tert-OH is 1. The SMILES string of the molecule is O=C1c2ccccc2C(=O)N1C/C(F)=C/CCCCO. The topological polar surface area (TPSA) is 57.6 Å². The van der Waals surface area contributed by atoms with E-state index in [9.17, 15) is 14.0 Å². The molecule has 2 rings (SSSR count). The summed E-state index contributed by atoms with van der Waals surface area (Å²) in [7, 11) is 0. The molecule has 1 aliphatic rings. The fourth-order valence-electron chi connectivity index (χ4n) is 2.11. The number of hydrogen-bond donors (Lipinski definition) is 1. The Bertz CT molecular complexity index is 519. The summed E-state index contributed by atoms with van der Waals surface area (Å²) in [6, 6.07) is 6.49. The van der Waals surface area contributed by atoms with Gasteiger partial charge in [-0.2, -0.15) is 0 Å². The van der Waals surface area contributed by atoms with Crippen LogP contribution in [0.1, 0.15) is 40.0 Å². The first-order valence-electron chi connectivity index (χ1n) is 6.55. The van der Waals surface area contributed by atoms with Crippen LogP contribution in [0.15, 0.2) is 36.2 Å². The molecular formula is C15H16FNO3. The van der Waals surface area contributed by atoms with Crippen molar-refractivity contribution in [3.05, 3.63) is 47.3 Å². The van der Waals surface area contributed by atoms with Gasteiger partial charge in [-0.1, -0.05) is 18.2 Å². The fourth-order valence-corrected chi connectivity index (χ4v) is 2.11. The first-order chi connectivity index (χ1) is 9.65. The van der Waals surface area contributed by atoms with Crippen molar-refractivity contribution in [2.24, 2.45) is 0 Å². The Hall–Kier alpha value is -2.01. The Balaban J connectivity index is 2.01. The fraction of sp³-hybridized carbons (Fsp3) is 0.333. The summed E-state index contributed by atoms with van der Waals surface area (Å²) < 4.78 is 13.7. The van der Waals surface area contributed by atoms with Crippen LogP contribution >= 0.6 is 0 Å². The van der Waals surface area contributed by atoms with E-state index in [0.717, 1.165) is 4.90 Å². The zero-order valence-electron chi connectivity index (χ0n) is 11.0. The molecule has 1 aromatic carbocycles. The van der Waals surface area contributed by atoms with Crippen molar-refractivity contribution in [1.29, 1.82) is 0 Å². The molecule has 20 heavy (non-hydrogen) atoms. The third-order valence-corrected chi connectivity index (χ3v) is 3.17. The Morgan fingerprint density at radius 2 is 1.75 bits per heavy atom. The van der Waals surface area contributed by atoms with E-state index in [1.807, 2.05) is 0 Å². The van der Waals surface area contributed by atoms with Gasteiger partial charge in [-0.3, -0.25) is 14.5 Å². The van der Waals surface area contributed by atoms with Gasteiger partial charge in [0.05, 0.1) is 17.7 Å². The van der Waals surface area contributed by atoms with Crippen LogP contribution in [0.5, 0.6) is 0 Å². The number of imide groups is 1. The minimum atomic E-state index is -0.502. The van der Waals surface area contributed by atoms with E-state index < -0.39 is 17.6 Å². The quantitative estimate of drug-likeness (QED) is 0.641. The van der Waals surface area contributed by atoms with Gasteiger partial charge < -0.3 is 5.11 Å². The number of aliphatic hydroxyl groups is 1. The number of fused-ring (bicyclic) bond motifs is 1. The Morgan fingerprint density at radius 1 is 1.15 bits per heavy atom. The average Bonchev–Trinajstić information content (AvgIpc) is 2.69. The standard InChI is InChI=1S/C15H16FNO3/c16-11(6-2-1-5-9-18)10-17-14(19)12-7-3-4-8-13(12)15(17)20/h3-4,6-8,18H,1-2,5,9-10H2/b11-6-. The number of nitrogens with zero attached hydrogens (tertiary/aromatic N) is 1. The maximum absolute atomic E-state index is 13.7. The monoisotopic (exact) mass is 277 g/mol. The second kappa shape index (κ2) is 6.43. The largest absolute Gasteiger partial charge is 0.396 e. The van der Waals surface area contributed by atoms with Gasteiger partial charge in [0.2, 0.25) is 0 Å². The molecule has 5 heteroatoms. The van der Waals surface area contributed by atoms with Crippen molar-refractivity contribution in [3.63, 3.8) is 0 Å². The van der Waals surface area contributed by atoms with E-state index in [1.165, 1.54) is 6.08 Å². The van der Waals surface area contributed by atoms with Crippen LogP contribution in [0.4, 0.5) is 4.39 Å². The van der Waals surface area contributed by atoms with Crippen LogP contribution in [0.25, 0.3) is 0 Å². The normalized spacial score (nSPS) is 14.9. The smallest absolute Gasteiger partial charge is 0.261 e. The lowest BCUT2D eigenvalue weighted by Gasteiger charge is -2.12. The van der Waals surface area contributed by atoms with E-state index in [4.69, 9.17) is 5.11 Å². The number of unbranched alkanes of at least 4 members (excludes halogenated alkanes) is 2. The number of amides is 2. The van der Waals surface area contributed by atoms with Crippen LogP contribution < -0.4 is 0 Å². The summed E-state index contributed by atoms with van der Waals surface area (Å²) in [5.74, 6) is -1.41. The molecule has 0 bridgehead atoms. The molecule has 0 saturated heterocycles. The van der Waals surface area contributed by atoms with Crippen LogP contribution in [0, 0.1) is 0 Å². The zero-order valence-corrected chi connectivity index (χ0v) is 11.0. The highest BCUT2D eigenvalue weighted by Gasteiger charge is 2.35. The van der Waals surface area contributed by atoms with Gasteiger partial charge in [-0.25, -0.2) is 4.39 Å². The van der Waals surface area contributed by atoms with Crippen molar-refractivity contribution in [2.45, 2.75) is 19.3 Å². The second-order valence-corrected chi connectivity index (χ2v) is 4.61. The highest BCUT2D eigenvalue weighted by molar-refractivity contribution is 6.21. The number of hydrogen-bond acceptors (Lipinski definition) is 3. The summed E-state index contributed by atoms with van der Waals surface area (Å²) in [5, 5.41) is 8.62. The van der Waals surface area contributed by atoms with E-state index in [-0.39, 0.29) is 13.2 Å². The lowest BCUT2D eigenvalue weighted by molar-refractivity contribution is 0.0660. The predicted molar refractivity (Wildman–Crippen MR) is 71.9 cm³/mol. The molecule has 0 aromatic heterocycles. The maximum Gasteiger partial charge on any atom is 0.261 e. The third-order valence-electron chi connectivity index (χ3n) is 3.17. The molecule has 1 heterocycles. The summed E-state index contributed by atoms with van der Waals surface area (Å²) >= 11 is 0. The summed E-state index contributed by atoms with van der Waals surface area (Å²) in [6.07, 6.45) is 3.12. The van der Waals surface area contributed by atoms with Gasteiger partial charge in [0.1, 0.15) is 5.83 Å². The van der Waals surface area contributed by atoms with Crippen LogP contribution in [0.2, 0.25) is 0 Å². The zero-order chi connectivity index (χ0) is 14.5. The molecule has 1 aliphatic heterocycles. The van der Waals surface area contributed by atoms with Gasteiger partial charge in [-0.15, -0.1) is 0 Å². The van der Waals surface area contributed by atoms with Crippen molar-refractivity contribution in [3.8, 4) is 0 Å². The van der Waals surface area contributed by atoms with E-state index in [2.05, 4.69) is 0 Å². The average molecular weight is 277 g/mol. The summed E-state index contributed by atoms with van der Waals surface area (Å²) in [5.41, 5.74) is 0.649. The molecule has 1 aromatic rings. The first kappa shape index (κ1) is 14.4. The Labute approximate surface area is 116 Å². The summed E-state index contributed by atoms with van der Waals surface area (Å²) in [6.45, 7) is -0.251. The Kier molecular flexibility index (Phi) is 4.63. The molecule has 1 N–H and O–H groups in total.